The fraction of sp³-hybridized carbons (Fsp3) is 0.600. The van der Waals surface area contributed by atoms with E-state index in [1.807, 2.05) is 24.3 Å². The van der Waals surface area contributed by atoms with Gasteiger partial charge in [0.1, 0.15) is 0 Å². The summed E-state index contributed by atoms with van der Waals surface area (Å²) in [6, 6.07) is 8.24. The molecule has 3 heteroatoms. The SMILES string of the molecule is CCC(N(CC)CC)C(C)(N)c1ccc(Cl)cc1. The fourth-order valence-corrected chi connectivity index (χ4v) is 2.85. The van der Waals surface area contributed by atoms with E-state index >= 15 is 0 Å². The van der Waals surface area contributed by atoms with Crippen molar-refractivity contribution in [3.8, 4) is 0 Å². The molecule has 0 aromatic heterocycles. The second-order valence-electron chi connectivity index (χ2n) is 4.93. The van der Waals surface area contributed by atoms with Crippen LogP contribution in [0.4, 0.5) is 0 Å². The number of rotatable bonds is 6. The number of benzene rings is 1. The van der Waals surface area contributed by atoms with Crippen molar-refractivity contribution < 1.29 is 0 Å². The Kier molecular flexibility index (Phi) is 5.64. The van der Waals surface area contributed by atoms with E-state index in [1.54, 1.807) is 0 Å². The van der Waals surface area contributed by atoms with E-state index in [4.69, 9.17) is 17.3 Å². The van der Waals surface area contributed by atoms with E-state index in [-0.39, 0.29) is 5.54 Å². The monoisotopic (exact) mass is 268 g/mol. The van der Waals surface area contributed by atoms with Crippen LogP contribution in [0.2, 0.25) is 5.02 Å². The zero-order valence-corrected chi connectivity index (χ0v) is 12.7. The van der Waals surface area contributed by atoms with Crippen molar-refractivity contribution >= 4 is 11.6 Å². The van der Waals surface area contributed by atoms with Crippen molar-refractivity contribution in [1.29, 1.82) is 0 Å². The summed E-state index contributed by atoms with van der Waals surface area (Å²) in [5.74, 6) is 0. The molecule has 0 bridgehead atoms. The maximum Gasteiger partial charge on any atom is 0.0538 e. The number of hydrogen-bond donors (Lipinski definition) is 1. The molecule has 18 heavy (non-hydrogen) atoms. The van der Waals surface area contributed by atoms with Gasteiger partial charge in [-0.25, -0.2) is 0 Å². The molecule has 0 aliphatic rings. The summed E-state index contributed by atoms with van der Waals surface area (Å²) in [4.78, 5) is 2.43. The van der Waals surface area contributed by atoms with Gasteiger partial charge in [-0.15, -0.1) is 0 Å². The summed E-state index contributed by atoms with van der Waals surface area (Å²) in [5.41, 5.74) is 7.40. The van der Waals surface area contributed by atoms with E-state index in [0.29, 0.717) is 6.04 Å². The van der Waals surface area contributed by atoms with E-state index in [2.05, 4.69) is 32.6 Å². The standard InChI is InChI=1S/C15H25ClN2/c1-5-14(18(6-2)7-3)15(4,17)12-8-10-13(16)11-9-12/h8-11,14H,5-7,17H2,1-4H3. The number of nitrogens with zero attached hydrogens (tertiary/aromatic N) is 1. The molecule has 0 amide bonds. The molecule has 102 valence electrons. The van der Waals surface area contributed by atoms with Gasteiger partial charge in [0.2, 0.25) is 0 Å². The molecule has 0 fully saturated rings. The molecule has 2 unspecified atom stereocenters. The van der Waals surface area contributed by atoms with Crippen LogP contribution in [0.5, 0.6) is 0 Å². The lowest BCUT2D eigenvalue weighted by molar-refractivity contribution is 0.135. The van der Waals surface area contributed by atoms with Crippen LogP contribution < -0.4 is 5.73 Å². The van der Waals surface area contributed by atoms with Crippen LogP contribution in [0, 0.1) is 0 Å². The molecule has 1 aromatic carbocycles. The van der Waals surface area contributed by atoms with Gasteiger partial charge in [-0.05, 0) is 44.1 Å². The first-order valence-corrected chi connectivity index (χ1v) is 7.14. The molecule has 2 nitrogen and oxygen atoms in total. The van der Waals surface area contributed by atoms with Gasteiger partial charge in [-0.2, -0.15) is 0 Å². The topological polar surface area (TPSA) is 29.3 Å². The van der Waals surface area contributed by atoms with Crippen LogP contribution >= 0.6 is 11.6 Å². The van der Waals surface area contributed by atoms with E-state index in [0.717, 1.165) is 30.1 Å². The third kappa shape index (κ3) is 3.25. The summed E-state index contributed by atoms with van der Waals surface area (Å²) < 4.78 is 0. The molecular formula is C15H25ClN2. The van der Waals surface area contributed by atoms with Gasteiger partial charge in [-0.1, -0.05) is 44.5 Å². The number of halogens is 1. The molecule has 1 rings (SSSR count). The van der Waals surface area contributed by atoms with Gasteiger partial charge in [0.15, 0.2) is 0 Å². The average Bonchev–Trinajstić information content (AvgIpc) is 2.35. The lowest BCUT2D eigenvalue weighted by atomic mass is 9.83. The molecule has 0 saturated carbocycles. The Morgan fingerprint density at radius 3 is 2.06 bits per heavy atom. The van der Waals surface area contributed by atoms with E-state index < -0.39 is 0 Å². The molecule has 1 aromatic rings. The summed E-state index contributed by atoms with van der Waals surface area (Å²) in [7, 11) is 0. The lowest BCUT2D eigenvalue weighted by Gasteiger charge is -2.41. The van der Waals surface area contributed by atoms with Crippen LogP contribution in [0.1, 0.15) is 39.7 Å². The predicted octanol–water partition coefficient (Wildman–Crippen LogP) is 3.63. The van der Waals surface area contributed by atoms with Gasteiger partial charge in [-0.3, -0.25) is 4.90 Å². The first-order chi connectivity index (χ1) is 8.47. The molecule has 0 radical (unpaired) electrons. The fourth-order valence-electron chi connectivity index (χ4n) is 2.73. The van der Waals surface area contributed by atoms with Crippen LogP contribution in [0.3, 0.4) is 0 Å². The quantitative estimate of drug-likeness (QED) is 0.854. The van der Waals surface area contributed by atoms with Crippen LogP contribution in [-0.4, -0.2) is 24.0 Å². The highest BCUT2D eigenvalue weighted by molar-refractivity contribution is 6.30. The third-order valence-electron chi connectivity index (χ3n) is 3.80. The Hall–Kier alpha value is -0.570. The zero-order chi connectivity index (χ0) is 13.8. The van der Waals surface area contributed by atoms with Crippen molar-refractivity contribution in [3.63, 3.8) is 0 Å². The van der Waals surface area contributed by atoms with Gasteiger partial charge in [0.25, 0.3) is 0 Å². The Morgan fingerprint density at radius 1 is 1.17 bits per heavy atom. The minimum atomic E-state index is -0.356. The molecule has 2 N–H and O–H groups in total. The highest BCUT2D eigenvalue weighted by Gasteiger charge is 2.33. The summed E-state index contributed by atoms with van der Waals surface area (Å²) in [5, 5.41) is 0.755. The first kappa shape index (κ1) is 15.5. The van der Waals surface area contributed by atoms with Crippen molar-refractivity contribution in [3.05, 3.63) is 34.9 Å². The van der Waals surface area contributed by atoms with Crippen molar-refractivity contribution in [2.75, 3.05) is 13.1 Å². The number of nitrogens with two attached hydrogens (primary N) is 1. The molecule has 0 heterocycles. The maximum atomic E-state index is 6.61. The Bertz CT molecular complexity index is 355. The second kappa shape index (κ2) is 6.55. The second-order valence-corrected chi connectivity index (χ2v) is 5.37. The molecule has 0 aliphatic heterocycles. The minimum Gasteiger partial charge on any atom is -0.320 e. The molecule has 0 aliphatic carbocycles. The normalized spacial score (nSPS) is 16.6. The number of hydrogen-bond acceptors (Lipinski definition) is 2. The van der Waals surface area contributed by atoms with Crippen molar-refractivity contribution in [2.24, 2.45) is 5.73 Å². The third-order valence-corrected chi connectivity index (χ3v) is 4.05. The smallest absolute Gasteiger partial charge is 0.0538 e. The minimum absolute atomic E-state index is 0.341. The van der Waals surface area contributed by atoms with Gasteiger partial charge >= 0.3 is 0 Å². The van der Waals surface area contributed by atoms with Crippen LogP contribution in [0.15, 0.2) is 24.3 Å². The highest BCUT2D eigenvalue weighted by atomic mass is 35.5. The summed E-state index contributed by atoms with van der Waals surface area (Å²) in [6.45, 7) is 10.7. The maximum absolute atomic E-state index is 6.61. The van der Waals surface area contributed by atoms with Gasteiger partial charge in [0, 0.05) is 11.1 Å². The summed E-state index contributed by atoms with van der Waals surface area (Å²) >= 11 is 5.94. The van der Waals surface area contributed by atoms with E-state index in [1.165, 1.54) is 0 Å². The molecule has 2 atom stereocenters. The zero-order valence-electron chi connectivity index (χ0n) is 11.9. The van der Waals surface area contributed by atoms with Crippen LogP contribution in [0.25, 0.3) is 0 Å². The highest BCUT2D eigenvalue weighted by Crippen LogP contribution is 2.28. The van der Waals surface area contributed by atoms with Crippen LogP contribution in [-0.2, 0) is 5.54 Å². The molecular weight excluding hydrogens is 244 g/mol. The van der Waals surface area contributed by atoms with Crippen molar-refractivity contribution in [1.82, 2.24) is 4.90 Å². The number of likely N-dealkylation sites (N-methyl/N-ethyl adjacent to an activating group) is 1. The van der Waals surface area contributed by atoms with Gasteiger partial charge < -0.3 is 5.73 Å². The largest absolute Gasteiger partial charge is 0.320 e. The average molecular weight is 269 g/mol. The Balaban J connectivity index is 3.05. The Morgan fingerprint density at radius 2 is 1.67 bits per heavy atom. The van der Waals surface area contributed by atoms with Gasteiger partial charge in [0.05, 0.1) is 5.54 Å². The molecule has 0 saturated heterocycles. The lowest BCUT2D eigenvalue weighted by Crippen LogP contribution is -2.54. The van der Waals surface area contributed by atoms with E-state index in [9.17, 15) is 0 Å². The Labute approximate surface area is 116 Å². The summed E-state index contributed by atoms with van der Waals surface area (Å²) in [6.07, 6.45) is 1.04. The predicted molar refractivity (Wildman–Crippen MR) is 80.0 cm³/mol. The molecule has 0 spiro atoms. The van der Waals surface area contributed by atoms with Crippen molar-refractivity contribution in [2.45, 2.75) is 45.7 Å². The first-order valence-electron chi connectivity index (χ1n) is 6.76.